The van der Waals surface area contributed by atoms with Crippen molar-refractivity contribution in [1.29, 1.82) is 0 Å². The van der Waals surface area contributed by atoms with Crippen LogP contribution in [0.4, 0.5) is 0 Å². The predicted molar refractivity (Wildman–Crippen MR) is 56.7 cm³/mol. The number of carbonyl (C=O) groups is 1. The van der Waals surface area contributed by atoms with Gasteiger partial charge in [0.25, 0.3) is 0 Å². The van der Waals surface area contributed by atoms with Crippen molar-refractivity contribution in [2.75, 3.05) is 0 Å². The zero-order chi connectivity index (χ0) is 10.1. The molecule has 0 aromatic heterocycles. The van der Waals surface area contributed by atoms with Crippen LogP contribution in [0.5, 0.6) is 0 Å². The maximum Gasteiger partial charge on any atom is 0.230 e. The van der Waals surface area contributed by atoms with E-state index in [0.29, 0.717) is 18.0 Å². The number of nitrogens with zero attached hydrogens (tertiary/aromatic N) is 1. The first-order valence-corrected chi connectivity index (χ1v) is 5.87. The van der Waals surface area contributed by atoms with Gasteiger partial charge in [0, 0.05) is 12.1 Å². The largest absolute Gasteiger partial charge is 0.337 e. The Morgan fingerprint density at radius 3 is 2.14 bits per heavy atom. The highest BCUT2D eigenvalue weighted by Gasteiger charge is 2.36. The van der Waals surface area contributed by atoms with Crippen molar-refractivity contribution in [3.8, 4) is 0 Å². The molecule has 2 aliphatic rings. The molecule has 2 unspecified atom stereocenters. The van der Waals surface area contributed by atoms with Gasteiger partial charge in [-0.15, -0.1) is 0 Å². The lowest BCUT2D eigenvalue weighted by molar-refractivity contribution is -0.131. The molecule has 2 nitrogen and oxygen atoms in total. The van der Waals surface area contributed by atoms with Crippen molar-refractivity contribution in [2.24, 2.45) is 0 Å². The maximum atomic E-state index is 12.2. The third kappa shape index (κ3) is 1.67. The van der Waals surface area contributed by atoms with Crippen molar-refractivity contribution < 1.29 is 4.79 Å². The van der Waals surface area contributed by atoms with Crippen LogP contribution in [-0.2, 0) is 4.79 Å². The maximum absolute atomic E-state index is 12.2. The molecule has 2 atom stereocenters. The Bertz CT molecular complexity index is 210. The monoisotopic (exact) mass is 194 g/mol. The van der Waals surface area contributed by atoms with Gasteiger partial charge in [-0.25, -0.2) is 0 Å². The zero-order valence-corrected chi connectivity index (χ0v) is 9.25. The second kappa shape index (κ2) is 3.92. The second-order valence-corrected chi connectivity index (χ2v) is 4.80. The summed E-state index contributed by atoms with van der Waals surface area (Å²) in [6.45, 7) is 4.35. The van der Waals surface area contributed by atoms with Crippen molar-refractivity contribution in [3.63, 3.8) is 0 Å². The van der Waals surface area contributed by atoms with E-state index in [2.05, 4.69) is 18.7 Å². The summed E-state index contributed by atoms with van der Waals surface area (Å²) in [4.78, 5) is 14.3. The van der Waals surface area contributed by atoms with E-state index >= 15 is 0 Å². The SMILES string of the molecule is CC1CCC(C)N1C(=O)[C]1CCCC1. The summed E-state index contributed by atoms with van der Waals surface area (Å²) in [5.74, 6) is 1.55. The Morgan fingerprint density at radius 2 is 1.64 bits per heavy atom. The second-order valence-electron chi connectivity index (χ2n) is 4.80. The van der Waals surface area contributed by atoms with Crippen LogP contribution >= 0.6 is 0 Å². The molecule has 79 valence electrons. The molecule has 1 saturated heterocycles. The average molecular weight is 194 g/mol. The van der Waals surface area contributed by atoms with E-state index in [-0.39, 0.29) is 0 Å². The lowest BCUT2D eigenvalue weighted by atomic mass is 10.1. The van der Waals surface area contributed by atoms with Crippen LogP contribution in [0.15, 0.2) is 0 Å². The molecule has 2 heteroatoms. The summed E-state index contributed by atoms with van der Waals surface area (Å²) in [6, 6.07) is 0.927. The minimum Gasteiger partial charge on any atom is -0.337 e. The van der Waals surface area contributed by atoms with E-state index in [1.165, 1.54) is 31.6 Å². The normalized spacial score (nSPS) is 34.0. The smallest absolute Gasteiger partial charge is 0.230 e. The van der Waals surface area contributed by atoms with Crippen molar-refractivity contribution >= 4 is 5.91 Å². The van der Waals surface area contributed by atoms with E-state index < -0.39 is 0 Å². The van der Waals surface area contributed by atoms with E-state index in [9.17, 15) is 4.79 Å². The molecule has 14 heavy (non-hydrogen) atoms. The van der Waals surface area contributed by atoms with E-state index in [4.69, 9.17) is 0 Å². The van der Waals surface area contributed by atoms with Crippen LogP contribution in [0, 0.1) is 5.92 Å². The molecule has 1 aliphatic carbocycles. The highest BCUT2D eigenvalue weighted by molar-refractivity contribution is 5.91. The number of hydrogen-bond donors (Lipinski definition) is 0. The first kappa shape index (κ1) is 10.0. The highest BCUT2D eigenvalue weighted by Crippen LogP contribution is 2.33. The number of carbonyl (C=O) groups excluding carboxylic acids is 1. The van der Waals surface area contributed by atoms with Crippen molar-refractivity contribution in [3.05, 3.63) is 5.92 Å². The molecule has 1 radical (unpaired) electrons. The van der Waals surface area contributed by atoms with Gasteiger partial charge in [0.15, 0.2) is 0 Å². The summed E-state index contributed by atoms with van der Waals surface area (Å²) in [6.07, 6.45) is 6.90. The van der Waals surface area contributed by atoms with E-state index in [0.717, 1.165) is 12.8 Å². The molecule has 0 bridgehead atoms. The number of rotatable bonds is 1. The van der Waals surface area contributed by atoms with Crippen LogP contribution in [0.25, 0.3) is 0 Å². The van der Waals surface area contributed by atoms with Gasteiger partial charge in [-0.3, -0.25) is 4.79 Å². The summed E-state index contributed by atoms with van der Waals surface area (Å²) in [5.41, 5.74) is 0. The Hall–Kier alpha value is -0.530. The summed E-state index contributed by atoms with van der Waals surface area (Å²) < 4.78 is 0. The molecular weight excluding hydrogens is 174 g/mol. The van der Waals surface area contributed by atoms with Gasteiger partial charge in [0.2, 0.25) is 5.91 Å². The molecular formula is C12H20NO. The van der Waals surface area contributed by atoms with Crippen LogP contribution in [0.3, 0.4) is 0 Å². The molecule has 0 aromatic carbocycles. The third-order valence-corrected chi connectivity index (χ3v) is 3.70. The van der Waals surface area contributed by atoms with Gasteiger partial charge < -0.3 is 4.90 Å². The van der Waals surface area contributed by atoms with Crippen LogP contribution < -0.4 is 0 Å². The lowest BCUT2D eigenvalue weighted by Gasteiger charge is -2.28. The van der Waals surface area contributed by atoms with Crippen LogP contribution in [0.2, 0.25) is 0 Å². The van der Waals surface area contributed by atoms with Crippen molar-refractivity contribution in [2.45, 2.75) is 64.5 Å². The van der Waals surface area contributed by atoms with Gasteiger partial charge in [0.1, 0.15) is 0 Å². The van der Waals surface area contributed by atoms with Gasteiger partial charge in [-0.05, 0) is 39.5 Å². The number of hydrogen-bond acceptors (Lipinski definition) is 1. The fourth-order valence-electron chi connectivity index (χ4n) is 2.79. The zero-order valence-electron chi connectivity index (χ0n) is 9.25. The molecule has 0 aromatic rings. The van der Waals surface area contributed by atoms with E-state index in [1.807, 2.05) is 0 Å². The minimum absolute atomic E-state index is 0.361. The van der Waals surface area contributed by atoms with Crippen LogP contribution in [-0.4, -0.2) is 22.9 Å². The Labute approximate surface area is 86.7 Å². The first-order chi connectivity index (χ1) is 6.70. The number of amides is 1. The Morgan fingerprint density at radius 1 is 1.14 bits per heavy atom. The molecule has 1 saturated carbocycles. The Balaban J connectivity index is 2.02. The molecule has 1 aliphatic heterocycles. The number of likely N-dealkylation sites (tertiary alicyclic amines) is 1. The van der Waals surface area contributed by atoms with Gasteiger partial charge in [-0.1, -0.05) is 12.8 Å². The average Bonchev–Trinajstić information content (AvgIpc) is 2.75. The quantitative estimate of drug-likeness (QED) is 0.628. The predicted octanol–water partition coefficient (Wildman–Crippen LogP) is 2.53. The molecule has 1 heterocycles. The summed E-state index contributed by atoms with van der Waals surface area (Å²) in [5, 5.41) is 0. The minimum atomic E-state index is 0.361. The fourth-order valence-corrected chi connectivity index (χ4v) is 2.79. The van der Waals surface area contributed by atoms with Gasteiger partial charge in [-0.2, -0.15) is 0 Å². The Kier molecular flexibility index (Phi) is 2.80. The summed E-state index contributed by atoms with van der Waals surface area (Å²) in [7, 11) is 0. The lowest BCUT2D eigenvalue weighted by Crippen LogP contribution is -2.41. The van der Waals surface area contributed by atoms with Crippen molar-refractivity contribution in [1.82, 2.24) is 4.90 Å². The molecule has 2 rings (SSSR count). The third-order valence-electron chi connectivity index (χ3n) is 3.70. The molecule has 2 fully saturated rings. The van der Waals surface area contributed by atoms with Crippen LogP contribution in [0.1, 0.15) is 52.4 Å². The molecule has 0 spiro atoms. The first-order valence-electron chi connectivity index (χ1n) is 5.87. The topological polar surface area (TPSA) is 20.3 Å². The van der Waals surface area contributed by atoms with Gasteiger partial charge in [0.05, 0.1) is 5.92 Å². The standard InChI is InChI=1S/C12H20NO/c1-9-7-8-10(2)13(9)12(14)11-5-3-4-6-11/h9-10H,3-8H2,1-2H3. The fraction of sp³-hybridized carbons (Fsp3) is 0.833. The molecule has 0 N–H and O–H groups in total. The highest BCUT2D eigenvalue weighted by atomic mass is 16.2. The molecule has 1 amide bonds. The van der Waals surface area contributed by atoms with Gasteiger partial charge >= 0.3 is 0 Å². The summed E-state index contributed by atoms with van der Waals surface area (Å²) >= 11 is 0. The van der Waals surface area contributed by atoms with E-state index in [1.54, 1.807) is 0 Å².